The number of nitrogens with one attached hydrogen (secondary N) is 2. The molecule has 1 unspecified atom stereocenters. The van der Waals surface area contributed by atoms with Crippen LogP contribution in [0.5, 0.6) is 0 Å². The van der Waals surface area contributed by atoms with Crippen molar-refractivity contribution < 1.29 is 0 Å². The highest BCUT2D eigenvalue weighted by Crippen LogP contribution is 2.21. The van der Waals surface area contributed by atoms with E-state index in [9.17, 15) is 0 Å². The number of nitrogens with zero attached hydrogens (tertiary/aromatic N) is 1. The topological polar surface area (TPSA) is 40.7 Å². The van der Waals surface area contributed by atoms with Crippen LogP contribution in [0.3, 0.4) is 0 Å². The molecule has 1 aromatic heterocycles. The number of imidazole rings is 1. The van der Waals surface area contributed by atoms with Crippen LogP contribution in [0, 0.1) is 0 Å². The van der Waals surface area contributed by atoms with E-state index >= 15 is 0 Å². The van der Waals surface area contributed by atoms with Gasteiger partial charge in [0.1, 0.15) is 5.82 Å². The minimum atomic E-state index is 0.479. The average Bonchev–Trinajstić information content (AvgIpc) is 3.00. The molecule has 0 saturated carbocycles. The quantitative estimate of drug-likeness (QED) is 0.845. The highest BCUT2D eigenvalue weighted by molar-refractivity contribution is 5.20. The van der Waals surface area contributed by atoms with Crippen LogP contribution < -0.4 is 5.32 Å². The first-order chi connectivity index (χ1) is 8.42. The van der Waals surface area contributed by atoms with Gasteiger partial charge in [-0.05, 0) is 24.9 Å². The number of aromatic amines is 1. The van der Waals surface area contributed by atoms with Gasteiger partial charge in [0.2, 0.25) is 0 Å². The molecule has 0 bridgehead atoms. The second kappa shape index (κ2) is 4.72. The summed E-state index contributed by atoms with van der Waals surface area (Å²) < 4.78 is 0. The summed E-state index contributed by atoms with van der Waals surface area (Å²) in [7, 11) is 0. The molecule has 1 saturated heterocycles. The van der Waals surface area contributed by atoms with Crippen molar-refractivity contribution in [1.29, 1.82) is 0 Å². The molecule has 88 valence electrons. The molecule has 1 aliphatic rings. The lowest BCUT2D eigenvalue weighted by atomic mass is 10.1. The molecule has 0 amide bonds. The fraction of sp³-hybridized carbons (Fsp3) is 0.357. The molecule has 3 nitrogen and oxygen atoms in total. The highest BCUT2D eigenvalue weighted by atomic mass is 15.0. The fourth-order valence-corrected chi connectivity index (χ4v) is 2.38. The van der Waals surface area contributed by atoms with Gasteiger partial charge < -0.3 is 10.3 Å². The molecule has 1 fully saturated rings. The molecule has 2 N–H and O–H groups in total. The lowest BCUT2D eigenvalue weighted by Gasteiger charge is -2.06. The van der Waals surface area contributed by atoms with Crippen molar-refractivity contribution in [3.63, 3.8) is 0 Å². The minimum absolute atomic E-state index is 0.479. The standard InChI is InChI=1S/C14H17N3/c1-2-5-11(6-3-1)9-14-16-10-13(17-14)12-7-4-8-15-12/h1-3,5-6,10,12,15H,4,7-9H2,(H,16,17). The number of benzene rings is 1. The predicted molar refractivity (Wildman–Crippen MR) is 67.8 cm³/mol. The van der Waals surface area contributed by atoms with Crippen molar-refractivity contribution in [1.82, 2.24) is 15.3 Å². The van der Waals surface area contributed by atoms with E-state index < -0.39 is 0 Å². The van der Waals surface area contributed by atoms with Crippen LogP contribution in [0.15, 0.2) is 36.5 Å². The SMILES string of the molecule is c1ccc(Cc2ncc(C3CCCN3)[nH]2)cc1. The zero-order valence-corrected chi connectivity index (χ0v) is 9.82. The van der Waals surface area contributed by atoms with Gasteiger partial charge in [0.15, 0.2) is 0 Å². The molecule has 17 heavy (non-hydrogen) atoms. The normalized spacial score (nSPS) is 19.6. The molecule has 0 radical (unpaired) electrons. The molecule has 3 rings (SSSR count). The van der Waals surface area contributed by atoms with E-state index in [-0.39, 0.29) is 0 Å². The van der Waals surface area contributed by atoms with E-state index in [1.165, 1.54) is 24.1 Å². The Kier molecular flexibility index (Phi) is 2.92. The van der Waals surface area contributed by atoms with Crippen LogP contribution in [0.4, 0.5) is 0 Å². The maximum absolute atomic E-state index is 4.46. The van der Waals surface area contributed by atoms with Crippen LogP contribution in [0.2, 0.25) is 0 Å². The van der Waals surface area contributed by atoms with Gasteiger partial charge in [-0.1, -0.05) is 30.3 Å². The van der Waals surface area contributed by atoms with Crippen molar-refractivity contribution >= 4 is 0 Å². The van der Waals surface area contributed by atoms with Crippen LogP contribution in [0.25, 0.3) is 0 Å². The molecule has 3 heteroatoms. The Hall–Kier alpha value is -1.61. The Balaban J connectivity index is 1.72. The first-order valence-corrected chi connectivity index (χ1v) is 6.23. The summed E-state index contributed by atoms with van der Waals surface area (Å²) in [5, 5.41) is 3.48. The van der Waals surface area contributed by atoms with Crippen molar-refractivity contribution in [3.05, 3.63) is 53.6 Å². The van der Waals surface area contributed by atoms with Crippen molar-refractivity contribution in [3.8, 4) is 0 Å². The summed E-state index contributed by atoms with van der Waals surface area (Å²) in [6, 6.07) is 10.9. The second-order valence-electron chi connectivity index (χ2n) is 4.60. The van der Waals surface area contributed by atoms with Crippen LogP contribution >= 0.6 is 0 Å². The van der Waals surface area contributed by atoms with Gasteiger partial charge in [-0.15, -0.1) is 0 Å². The minimum Gasteiger partial charge on any atom is -0.344 e. The zero-order valence-electron chi connectivity index (χ0n) is 9.82. The second-order valence-corrected chi connectivity index (χ2v) is 4.60. The maximum atomic E-state index is 4.46. The van der Waals surface area contributed by atoms with E-state index in [4.69, 9.17) is 0 Å². The molecule has 0 aliphatic carbocycles. The number of aromatic nitrogens is 2. The lowest BCUT2D eigenvalue weighted by molar-refractivity contribution is 0.630. The van der Waals surface area contributed by atoms with E-state index in [1.54, 1.807) is 0 Å². The van der Waals surface area contributed by atoms with E-state index in [0.717, 1.165) is 18.8 Å². The van der Waals surface area contributed by atoms with Gasteiger partial charge in [-0.3, -0.25) is 0 Å². The molecular formula is C14H17N3. The summed E-state index contributed by atoms with van der Waals surface area (Å²) in [6.45, 7) is 1.12. The Bertz CT molecular complexity index is 469. The number of rotatable bonds is 3. The summed E-state index contributed by atoms with van der Waals surface area (Å²) in [6.07, 6.45) is 5.33. The van der Waals surface area contributed by atoms with Gasteiger partial charge in [0.25, 0.3) is 0 Å². The van der Waals surface area contributed by atoms with Crippen molar-refractivity contribution in [2.75, 3.05) is 6.54 Å². The molecule has 1 aliphatic heterocycles. The molecule has 2 aromatic rings. The van der Waals surface area contributed by atoms with Crippen molar-refractivity contribution in [2.24, 2.45) is 0 Å². The smallest absolute Gasteiger partial charge is 0.110 e. The molecule has 1 atom stereocenters. The largest absolute Gasteiger partial charge is 0.344 e. The maximum Gasteiger partial charge on any atom is 0.110 e. The predicted octanol–water partition coefficient (Wildman–Crippen LogP) is 2.42. The highest BCUT2D eigenvalue weighted by Gasteiger charge is 2.17. The monoisotopic (exact) mass is 227 g/mol. The third-order valence-electron chi connectivity index (χ3n) is 3.30. The first kappa shape index (κ1) is 10.5. The van der Waals surface area contributed by atoms with Crippen LogP contribution in [0.1, 0.15) is 36.0 Å². The van der Waals surface area contributed by atoms with Crippen LogP contribution in [-0.2, 0) is 6.42 Å². The number of H-pyrrole nitrogens is 1. The number of hydrogen-bond acceptors (Lipinski definition) is 2. The summed E-state index contributed by atoms with van der Waals surface area (Å²) in [5.74, 6) is 1.06. The summed E-state index contributed by atoms with van der Waals surface area (Å²) in [4.78, 5) is 7.89. The third-order valence-corrected chi connectivity index (χ3v) is 3.30. The van der Waals surface area contributed by atoms with E-state index in [0.29, 0.717) is 6.04 Å². The van der Waals surface area contributed by atoms with Gasteiger partial charge in [0, 0.05) is 18.7 Å². The zero-order chi connectivity index (χ0) is 11.5. The van der Waals surface area contributed by atoms with E-state index in [2.05, 4.69) is 39.6 Å². The van der Waals surface area contributed by atoms with Crippen LogP contribution in [-0.4, -0.2) is 16.5 Å². The van der Waals surface area contributed by atoms with Gasteiger partial charge in [-0.2, -0.15) is 0 Å². The summed E-state index contributed by atoms with van der Waals surface area (Å²) >= 11 is 0. The fourth-order valence-electron chi connectivity index (χ4n) is 2.38. The number of hydrogen-bond donors (Lipinski definition) is 2. The third kappa shape index (κ3) is 2.39. The van der Waals surface area contributed by atoms with E-state index in [1.807, 2.05) is 12.3 Å². The summed E-state index contributed by atoms with van der Waals surface area (Å²) in [5.41, 5.74) is 2.53. The first-order valence-electron chi connectivity index (χ1n) is 6.23. The molecule has 1 aromatic carbocycles. The Labute approximate surface area is 101 Å². The molecular weight excluding hydrogens is 210 g/mol. The Morgan fingerprint density at radius 2 is 2.12 bits per heavy atom. The van der Waals surface area contributed by atoms with Gasteiger partial charge in [0.05, 0.1) is 5.69 Å². The Morgan fingerprint density at radius 3 is 2.88 bits per heavy atom. The molecule has 0 spiro atoms. The lowest BCUT2D eigenvalue weighted by Crippen LogP contribution is -2.13. The van der Waals surface area contributed by atoms with Gasteiger partial charge >= 0.3 is 0 Å². The Morgan fingerprint density at radius 1 is 1.24 bits per heavy atom. The average molecular weight is 227 g/mol. The van der Waals surface area contributed by atoms with Crippen molar-refractivity contribution in [2.45, 2.75) is 25.3 Å². The molecule has 2 heterocycles. The van der Waals surface area contributed by atoms with Gasteiger partial charge in [-0.25, -0.2) is 4.98 Å².